The molecular weight excluding hydrogens is 425 g/mol. The first kappa shape index (κ1) is 23.6. The van der Waals surface area contributed by atoms with Gasteiger partial charge in [0, 0.05) is 18.5 Å². The summed E-state index contributed by atoms with van der Waals surface area (Å²) in [6.45, 7) is 5.54. The number of amides is 1. The van der Waals surface area contributed by atoms with Gasteiger partial charge in [-0.05, 0) is 39.2 Å². The Kier molecular flexibility index (Phi) is 6.52. The van der Waals surface area contributed by atoms with E-state index in [0.29, 0.717) is 16.8 Å². The van der Waals surface area contributed by atoms with Crippen LogP contribution in [0.15, 0.2) is 35.1 Å². The van der Waals surface area contributed by atoms with Gasteiger partial charge in [0.2, 0.25) is 5.95 Å². The summed E-state index contributed by atoms with van der Waals surface area (Å²) in [6, 6.07) is 7.55. The minimum Gasteiger partial charge on any atom is -0.444 e. The van der Waals surface area contributed by atoms with Gasteiger partial charge in [-0.25, -0.2) is 9.78 Å². The van der Waals surface area contributed by atoms with Crippen LogP contribution in [-0.2, 0) is 17.7 Å². The number of ether oxygens (including phenoxy) is 1. The highest BCUT2D eigenvalue weighted by molar-refractivity contribution is 5.68. The lowest BCUT2D eigenvalue weighted by Gasteiger charge is -2.31. The molecular formula is C22H27F3N4O3. The quantitative estimate of drug-likeness (QED) is 0.756. The van der Waals surface area contributed by atoms with Crippen LogP contribution in [0.5, 0.6) is 0 Å². The molecule has 1 aromatic heterocycles. The molecule has 2 aromatic rings. The Morgan fingerprint density at radius 2 is 1.88 bits per heavy atom. The van der Waals surface area contributed by atoms with E-state index in [1.54, 1.807) is 51.1 Å². The number of nitrogen functional groups attached to an aromatic ring is 1. The van der Waals surface area contributed by atoms with Gasteiger partial charge in [0.1, 0.15) is 5.60 Å². The number of carbonyl (C=O) groups excluding carboxylic acids is 1. The maximum Gasteiger partial charge on any atom is 0.410 e. The molecule has 2 heterocycles. The molecule has 10 heteroatoms. The maximum atomic E-state index is 13.3. The van der Waals surface area contributed by atoms with Crippen LogP contribution < -0.4 is 11.3 Å². The molecule has 3 rings (SSSR count). The summed E-state index contributed by atoms with van der Waals surface area (Å²) in [5.74, 6) is -0.184. The van der Waals surface area contributed by atoms with Crippen molar-refractivity contribution in [3.63, 3.8) is 0 Å². The zero-order chi connectivity index (χ0) is 23.7. The molecule has 1 atom stereocenters. The molecule has 1 aliphatic rings. The highest BCUT2D eigenvalue weighted by Crippen LogP contribution is 2.31. The minimum atomic E-state index is -4.37. The molecule has 1 aromatic carbocycles. The Labute approximate surface area is 184 Å². The number of nitrogens with two attached hydrogens (primary N) is 1. The molecule has 0 saturated carbocycles. The molecule has 0 bridgehead atoms. The second-order valence-electron chi connectivity index (χ2n) is 8.80. The van der Waals surface area contributed by atoms with Gasteiger partial charge in [-0.15, -0.1) is 0 Å². The van der Waals surface area contributed by atoms with Crippen LogP contribution in [0, 0.1) is 0 Å². The first-order valence-electron chi connectivity index (χ1n) is 10.3. The summed E-state index contributed by atoms with van der Waals surface area (Å²) < 4.78 is 45.4. The van der Waals surface area contributed by atoms with Crippen LogP contribution >= 0.6 is 0 Å². The normalized spacial score (nSPS) is 15.2. The van der Waals surface area contributed by atoms with Crippen molar-refractivity contribution in [2.24, 2.45) is 0 Å². The number of halogens is 3. The van der Waals surface area contributed by atoms with Gasteiger partial charge in [0.25, 0.3) is 5.56 Å². The molecule has 0 fully saturated rings. The van der Waals surface area contributed by atoms with Gasteiger partial charge in [-0.2, -0.15) is 13.2 Å². The van der Waals surface area contributed by atoms with Crippen molar-refractivity contribution < 1.29 is 22.7 Å². The molecule has 0 spiro atoms. The van der Waals surface area contributed by atoms with Crippen LogP contribution in [0.4, 0.5) is 23.9 Å². The smallest absolute Gasteiger partial charge is 0.410 e. The summed E-state index contributed by atoms with van der Waals surface area (Å²) >= 11 is 0. The zero-order valence-corrected chi connectivity index (χ0v) is 18.3. The lowest BCUT2D eigenvalue weighted by atomic mass is 10.00. The molecule has 0 radical (unpaired) electrons. The van der Waals surface area contributed by atoms with E-state index in [0.717, 1.165) is 4.57 Å². The predicted molar refractivity (Wildman–Crippen MR) is 113 cm³/mol. The molecule has 1 amide bonds. The van der Waals surface area contributed by atoms with Crippen LogP contribution in [-0.4, -0.2) is 38.9 Å². The monoisotopic (exact) mass is 452 g/mol. The van der Waals surface area contributed by atoms with Crippen molar-refractivity contribution in [2.45, 2.75) is 64.4 Å². The number of carbonyl (C=O) groups is 1. The molecule has 7 nitrogen and oxygen atoms in total. The molecule has 32 heavy (non-hydrogen) atoms. The summed E-state index contributed by atoms with van der Waals surface area (Å²) in [5.41, 5.74) is 6.16. The highest BCUT2D eigenvalue weighted by atomic mass is 19.4. The average molecular weight is 452 g/mol. The second kappa shape index (κ2) is 8.84. The Balaban J connectivity index is 1.96. The molecule has 0 aliphatic carbocycles. The molecule has 174 valence electrons. The third kappa shape index (κ3) is 5.60. The van der Waals surface area contributed by atoms with E-state index in [2.05, 4.69) is 4.98 Å². The summed E-state index contributed by atoms with van der Waals surface area (Å²) in [5, 5.41) is 0. The zero-order valence-electron chi connectivity index (χ0n) is 18.3. The van der Waals surface area contributed by atoms with E-state index in [1.165, 1.54) is 4.90 Å². The summed E-state index contributed by atoms with van der Waals surface area (Å²) in [4.78, 5) is 31.4. The number of fused-ring (bicyclic) bond motifs is 1. The first-order chi connectivity index (χ1) is 14.9. The Morgan fingerprint density at radius 1 is 1.22 bits per heavy atom. The van der Waals surface area contributed by atoms with E-state index in [4.69, 9.17) is 10.5 Å². The third-order valence-corrected chi connectivity index (χ3v) is 5.14. The Hall–Kier alpha value is -3.04. The van der Waals surface area contributed by atoms with Crippen molar-refractivity contribution in [3.05, 3.63) is 57.5 Å². The van der Waals surface area contributed by atoms with Crippen molar-refractivity contribution in [1.29, 1.82) is 0 Å². The Bertz CT molecular complexity index is 1030. The van der Waals surface area contributed by atoms with Crippen LogP contribution in [0.2, 0.25) is 0 Å². The van der Waals surface area contributed by atoms with Gasteiger partial charge < -0.3 is 15.4 Å². The third-order valence-electron chi connectivity index (χ3n) is 5.14. The molecule has 0 saturated heterocycles. The number of benzene rings is 1. The number of hydrogen-bond donors (Lipinski definition) is 1. The standard InChI is InChI=1S/C22H27F3N4O3/c1-21(2,3)32-20(31)28-12-10-15-16(13-28)27-19(26)29(18(15)30)17(9-11-22(23,24)25)14-7-5-4-6-8-14/h4-8,17H,9-13H2,1-3H3,(H2,26,27). The van der Waals surface area contributed by atoms with Crippen molar-refractivity contribution in [2.75, 3.05) is 12.3 Å². The fraction of sp³-hybridized carbons (Fsp3) is 0.500. The number of alkyl halides is 3. The largest absolute Gasteiger partial charge is 0.444 e. The fourth-order valence-electron chi connectivity index (χ4n) is 3.73. The lowest BCUT2D eigenvalue weighted by Crippen LogP contribution is -2.43. The lowest BCUT2D eigenvalue weighted by molar-refractivity contribution is -0.136. The van der Waals surface area contributed by atoms with Crippen molar-refractivity contribution >= 4 is 12.0 Å². The first-order valence-corrected chi connectivity index (χ1v) is 10.3. The van der Waals surface area contributed by atoms with Crippen LogP contribution in [0.1, 0.15) is 56.5 Å². The minimum absolute atomic E-state index is 0.0447. The highest BCUT2D eigenvalue weighted by Gasteiger charge is 2.33. The predicted octanol–water partition coefficient (Wildman–Crippen LogP) is 4.05. The van der Waals surface area contributed by atoms with Crippen molar-refractivity contribution in [3.8, 4) is 0 Å². The second-order valence-corrected chi connectivity index (χ2v) is 8.80. The van der Waals surface area contributed by atoms with Gasteiger partial charge in [0.15, 0.2) is 0 Å². The van der Waals surface area contributed by atoms with Gasteiger partial charge in [0.05, 0.1) is 18.3 Å². The van der Waals surface area contributed by atoms with Crippen LogP contribution in [0.25, 0.3) is 0 Å². The van der Waals surface area contributed by atoms with E-state index in [-0.39, 0.29) is 31.9 Å². The van der Waals surface area contributed by atoms with E-state index in [1.807, 2.05) is 0 Å². The van der Waals surface area contributed by atoms with Gasteiger partial charge in [-0.3, -0.25) is 9.36 Å². The van der Waals surface area contributed by atoms with Gasteiger partial charge >= 0.3 is 12.3 Å². The number of nitrogens with zero attached hydrogens (tertiary/aromatic N) is 3. The van der Waals surface area contributed by atoms with E-state index in [9.17, 15) is 22.8 Å². The number of anilines is 1. The van der Waals surface area contributed by atoms with E-state index < -0.39 is 35.9 Å². The molecule has 1 unspecified atom stereocenters. The summed E-state index contributed by atoms with van der Waals surface area (Å²) in [6.07, 6.45) is -6.10. The molecule has 2 N–H and O–H groups in total. The Morgan fingerprint density at radius 3 is 2.47 bits per heavy atom. The molecule has 1 aliphatic heterocycles. The van der Waals surface area contributed by atoms with Crippen LogP contribution in [0.3, 0.4) is 0 Å². The van der Waals surface area contributed by atoms with Gasteiger partial charge in [-0.1, -0.05) is 30.3 Å². The number of aromatic nitrogens is 2. The summed E-state index contributed by atoms with van der Waals surface area (Å²) in [7, 11) is 0. The van der Waals surface area contributed by atoms with E-state index >= 15 is 0 Å². The fourth-order valence-corrected chi connectivity index (χ4v) is 3.73. The number of rotatable bonds is 4. The topological polar surface area (TPSA) is 90.4 Å². The number of hydrogen-bond acceptors (Lipinski definition) is 5. The average Bonchev–Trinajstić information content (AvgIpc) is 2.68. The van der Waals surface area contributed by atoms with Crippen molar-refractivity contribution in [1.82, 2.24) is 14.5 Å². The SMILES string of the molecule is CC(C)(C)OC(=O)N1CCc2c(nc(N)n(C(CCC(F)(F)F)c3ccccc3)c2=O)C1. The maximum absolute atomic E-state index is 13.3.